The molecule has 10 heavy (non-hydrogen) atoms. The quantitative estimate of drug-likeness (QED) is 0.527. The second-order valence-electron chi connectivity index (χ2n) is 2.87. The summed E-state index contributed by atoms with van der Waals surface area (Å²) in [5.41, 5.74) is 1.17. The first kappa shape index (κ1) is 7.39. The maximum atomic E-state index is 3.91. The van der Waals surface area contributed by atoms with Crippen molar-refractivity contribution in [3.63, 3.8) is 0 Å². The second-order valence-corrected chi connectivity index (χ2v) is 2.87. The molecule has 1 fully saturated rings. The molecule has 0 aromatic rings. The standard InChI is InChI=1S/C9H15N/c1-4-9-6-5-7-10(9)8(2)3/h4,9H,1-2,5-7H2,3H3. The van der Waals surface area contributed by atoms with E-state index in [-0.39, 0.29) is 0 Å². The van der Waals surface area contributed by atoms with Crippen LogP contribution in [0.3, 0.4) is 0 Å². The lowest BCUT2D eigenvalue weighted by Crippen LogP contribution is -2.24. The lowest BCUT2D eigenvalue weighted by Gasteiger charge is -2.23. The molecule has 1 aliphatic rings. The first-order valence-corrected chi connectivity index (χ1v) is 3.80. The molecule has 56 valence electrons. The smallest absolute Gasteiger partial charge is 0.0467 e. The SMILES string of the molecule is C=CC1CCCN1C(=C)C. The molecular formula is C9H15N. The molecule has 1 aliphatic heterocycles. The van der Waals surface area contributed by atoms with Gasteiger partial charge in [0, 0.05) is 18.3 Å². The van der Waals surface area contributed by atoms with Gasteiger partial charge in [-0.1, -0.05) is 12.7 Å². The van der Waals surface area contributed by atoms with Gasteiger partial charge in [0.15, 0.2) is 0 Å². The minimum absolute atomic E-state index is 0.553. The van der Waals surface area contributed by atoms with Crippen LogP contribution in [-0.2, 0) is 0 Å². The molecule has 1 heteroatoms. The van der Waals surface area contributed by atoms with Gasteiger partial charge >= 0.3 is 0 Å². The van der Waals surface area contributed by atoms with Crippen LogP contribution in [0.25, 0.3) is 0 Å². The number of rotatable bonds is 2. The Morgan fingerprint density at radius 2 is 2.40 bits per heavy atom. The minimum Gasteiger partial charge on any atom is -0.369 e. The zero-order valence-corrected chi connectivity index (χ0v) is 6.64. The van der Waals surface area contributed by atoms with Crippen LogP contribution in [0.15, 0.2) is 24.9 Å². The van der Waals surface area contributed by atoms with Gasteiger partial charge in [-0.05, 0) is 19.8 Å². The first-order valence-electron chi connectivity index (χ1n) is 3.80. The maximum absolute atomic E-state index is 3.91. The van der Waals surface area contributed by atoms with Crippen LogP contribution in [0, 0.1) is 0 Å². The average molecular weight is 137 g/mol. The van der Waals surface area contributed by atoms with E-state index < -0.39 is 0 Å². The van der Waals surface area contributed by atoms with Gasteiger partial charge in [0.05, 0.1) is 0 Å². The lowest BCUT2D eigenvalue weighted by atomic mass is 10.2. The Labute approximate surface area is 63.0 Å². The van der Waals surface area contributed by atoms with Gasteiger partial charge in [-0.3, -0.25) is 0 Å². The van der Waals surface area contributed by atoms with Crippen LogP contribution in [0.1, 0.15) is 19.8 Å². The average Bonchev–Trinajstić information content (AvgIpc) is 2.33. The fourth-order valence-electron chi connectivity index (χ4n) is 1.51. The monoisotopic (exact) mass is 137 g/mol. The predicted octanol–water partition coefficient (Wildman–Crippen LogP) is 2.17. The van der Waals surface area contributed by atoms with Gasteiger partial charge in [-0.25, -0.2) is 0 Å². The highest BCUT2D eigenvalue weighted by molar-refractivity contribution is 5.02. The van der Waals surface area contributed by atoms with Crippen LogP contribution in [-0.4, -0.2) is 17.5 Å². The summed E-state index contributed by atoms with van der Waals surface area (Å²) in [6.07, 6.45) is 4.54. The van der Waals surface area contributed by atoms with E-state index in [0.717, 1.165) is 6.54 Å². The fourth-order valence-corrected chi connectivity index (χ4v) is 1.51. The van der Waals surface area contributed by atoms with Crippen molar-refractivity contribution in [1.29, 1.82) is 0 Å². The number of allylic oxidation sites excluding steroid dienone is 1. The lowest BCUT2D eigenvalue weighted by molar-refractivity contribution is 0.369. The van der Waals surface area contributed by atoms with Crippen molar-refractivity contribution in [3.05, 3.63) is 24.9 Å². The first-order chi connectivity index (χ1) is 4.75. The minimum atomic E-state index is 0.553. The third-order valence-electron chi connectivity index (χ3n) is 2.06. The van der Waals surface area contributed by atoms with Crippen LogP contribution < -0.4 is 0 Å². The molecule has 0 bridgehead atoms. The summed E-state index contributed by atoms with van der Waals surface area (Å²) in [6, 6.07) is 0.553. The molecule has 1 atom stereocenters. The normalized spacial score (nSPS) is 24.9. The molecule has 0 N–H and O–H groups in total. The van der Waals surface area contributed by atoms with Gasteiger partial charge in [-0.2, -0.15) is 0 Å². The molecule has 0 radical (unpaired) electrons. The highest BCUT2D eigenvalue weighted by Gasteiger charge is 2.20. The Balaban J connectivity index is 2.58. The van der Waals surface area contributed by atoms with E-state index in [4.69, 9.17) is 0 Å². The molecule has 1 saturated heterocycles. The summed E-state index contributed by atoms with van der Waals surface area (Å²) < 4.78 is 0. The molecule has 1 nitrogen and oxygen atoms in total. The molecule has 0 aromatic carbocycles. The van der Waals surface area contributed by atoms with E-state index in [0.29, 0.717) is 6.04 Å². The summed E-state index contributed by atoms with van der Waals surface area (Å²) in [5.74, 6) is 0. The highest BCUT2D eigenvalue weighted by Crippen LogP contribution is 2.21. The van der Waals surface area contributed by atoms with Crippen LogP contribution in [0.4, 0.5) is 0 Å². The van der Waals surface area contributed by atoms with Gasteiger partial charge in [0.25, 0.3) is 0 Å². The molecule has 0 aliphatic carbocycles. The van der Waals surface area contributed by atoms with E-state index in [1.54, 1.807) is 0 Å². The summed E-state index contributed by atoms with van der Waals surface area (Å²) in [4.78, 5) is 2.31. The Hall–Kier alpha value is -0.720. The van der Waals surface area contributed by atoms with Crippen molar-refractivity contribution in [2.75, 3.05) is 6.54 Å². The summed E-state index contributed by atoms with van der Waals surface area (Å²) >= 11 is 0. The van der Waals surface area contributed by atoms with E-state index in [1.165, 1.54) is 18.5 Å². The number of hydrogen-bond donors (Lipinski definition) is 0. The van der Waals surface area contributed by atoms with Crippen molar-refractivity contribution >= 4 is 0 Å². The van der Waals surface area contributed by atoms with E-state index in [9.17, 15) is 0 Å². The van der Waals surface area contributed by atoms with Crippen LogP contribution in [0.5, 0.6) is 0 Å². The van der Waals surface area contributed by atoms with Crippen molar-refractivity contribution in [3.8, 4) is 0 Å². The Kier molecular flexibility index (Phi) is 2.15. The zero-order valence-electron chi connectivity index (χ0n) is 6.64. The molecule has 1 heterocycles. The Morgan fingerprint density at radius 3 is 2.80 bits per heavy atom. The van der Waals surface area contributed by atoms with Gasteiger partial charge in [0.1, 0.15) is 0 Å². The van der Waals surface area contributed by atoms with Crippen molar-refractivity contribution < 1.29 is 0 Å². The Morgan fingerprint density at radius 1 is 1.70 bits per heavy atom. The summed E-state index contributed by atoms with van der Waals surface area (Å²) in [7, 11) is 0. The van der Waals surface area contributed by atoms with Crippen molar-refractivity contribution in [2.24, 2.45) is 0 Å². The number of likely N-dealkylation sites (tertiary alicyclic amines) is 1. The second kappa shape index (κ2) is 2.91. The van der Waals surface area contributed by atoms with Crippen LogP contribution >= 0.6 is 0 Å². The van der Waals surface area contributed by atoms with E-state index in [2.05, 4.69) is 25.0 Å². The van der Waals surface area contributed by atoms with Gasteiger partial charge < -0.3 is 4.90 Å². The van der Waals surface area contributed by atoms with Crippen LogP contribution in [0.2, 0.25) is 0 Å². The van der Waals surface area contributed by atoms with Gasteiger partial charge in [-0.15, -0.1) is 6.58 Å². The molecule has 1 unspecified atom stereocenters. The molecule has 0 saturated carbocycles. The van der Waals surface area contributed by atoms with E-state index >= 15 is 0 Å². The molecule has 1 rings (SSSR count). The third kappa shape index (κ3) is 1.23. The maximum Gasteiger partial charge on any atom is 0.0467 e. The van der Waals surface area contributed by atoms with Crippen molar-refractivity contribution in [2.45, 2.75) is 25.8 Å². The Bertz CT molecular complexity index is 149. The third-order valence-corrected chi connectivity index (χ3v) is 2.06. The predicted molar refractivity (Wildman–Crippen MR) is 44.7 cm³/mol. The largest absolute Gasteiger partial charge is 0.369 e. The topological polar surface area (TPSA) is 3.24 Å². The van der Waals surface area contributed by atoms with Gasteiger partial charge in [0.2, 0.25) is 0 Å². The zero-order chi connectivity index (χ0) is 7.56. The highest BCUT2D eigenvalue weighted by atomic mass is 15.2. The molecule has 0 spiro atoms. The van der Waals surface area contributed by atoms with E-state index in [1.807, 2.05) is 6.08 Å². The molecular weight excluding hydrogens is 122 g/mol. The number of nitrogens with zero attached hydrogens (tertiary/aromatic N) is 1. The fraction of sp³-hybridized carbons (Fsp3) is 0.556. The number of hydrogen-bond acceptors (Lipinski definition) is 1. The summed E-state index contributed by atoms with van der Waals surface area (Å²) in [5, 5.41) is 0. The molecule has 0 aromatic heterocycles. The van der Waals surface area contributed by atoms with Crippen molar-refractivity contribution in [1.82, 2.24) is 4.90 Å². The summed E-state index contributed by atoms with van der Waals surface area (Å²) in [6.45, 7) is 10.9. The molecule has 0 amide bonds.